The first-order valence-electron chi connectivity index (χ1n) is 8.92. The fraction of sp³-hybridized carbons (Fsp3) is 0.474. The van der Waals surface area contributed by atoms with Crippen molar-refractivity contribution in [2.45, 2.75) is 25.6 Å². The largest absolute Gasteiger partial charge is 0.490 e. The molecule has 0 amide bonds. The van der Waals surface area contributed by atoms with Crippen molar-refractivity contribution in [1.29, 1.82) is 0 Å². The molecule has 0 N–H and O–H groups in total. The second-order valence-electron chi connectivity index (χ2n) is 6.73. The Balaban J connectivity index is 1.46. The molecule has 2 aliphatic rings. The highest BCUT2D eigenvalue weighted by Crippen LogP contribution is 2.31. The molecule has 26 heavy (non-hydrogen) atoms. The summed E-state index contributed by atoms with van der Waals surface area (Å²) in [6.07, 6.45) is 4.57. The predicted molar refractivity (Wildman–Crippen MR) is 96.1 cm³/mol. The normalized spacial score (nSPS) is 23.9. The lowest BCUT2D eigenvalue weighted by Gasteiger charge is -2.32. The molecule has 3 heterocycles. The van der Waals surface area contributed by atoms with Gasteiger partial charge in [0.25, 0.3) is 0 Å². The van der Waals surface area contributed by atoms with Gasteiger partial charge in [0.05, 0.1) is 19.3 Å². The summed E-state index contributed by atoms with van der Waals surface area (Å²) in [5.41, 5.74) is 0.983. The lowest BCUT2D eigenvalue weighted by Crippen LogP contribution is -2.40. The van der Waals surface area contributed by atoms with E-state index in [1.54, 1.807) is 6.08 Å². The summed E-state index contributed by atoms with van der Waals surface area (Å²) < 4.78 is 23.0. The molecule has 0 radical (unpaired) electrons. The lowest BCUT2D eigenvalue weighted by molar-refractivity contribution is -0.0823. The molecule has 0 saturated carbocycles. The smallest absolute Gasteiger partial charge is 0.246 e. The van der Waals surface area contributed by atoms with E-state index < -0.39 is 0 Å². The Morgan fingerprint density at radius 2 is 1.92 bits per heavy atom. The summed E-state index contributed by atoms with van der Waals surface area (Å²) in [5, 5.41) is 8.24. The number of aromatic nitrogens is 2. The van der Waals surface area contributed by atoms with Crippen molar-refractivity contribution in [2.24, 2.45) is 0 Å². The van der Waals surface area contributed by atoms with Crippen LogP contribution in [0.5, 0.6) is 11.5 Å². The second-order valence-corrected chi connectivity index (χ2v) is 6.73. The number of nitrogens with zero attached hydrogens (tertiary/aromatic N) is 3. The van der Waals surface area contributed by atoms with Crippen LogP contribution in [-0.2, 0) is 4.74 Å². The van der Waals surface area contributed by atoms with Gasteiger partial charge in [0.2, 0.25) is 11.8 Å². The van der Waals surface area contributed by atoms with Crippen LogP contribution in [0.3, 0.4) is 0 Å². The van der Waals surface area contributed by atoms with Crippen molar-refractivity contribution >= 4 is 12.2 Å². The monoisotopic (exact) mass is 357 g/mol. The Morgan fingerprint density at radius 1 is 1.08 bits per heavy atom. The maximum Gasteiger partial charge on any atom is 0.246 e. The molecule has 7 heteroatoms. The molecule has 1 fully saturated rings. The van der Waals surface area contributed by atoms with E-state index in [1.807, 2.05) is 31.2 Å². The molecule has 7 nitrogen and oxygen atoms in total. The van der Waals surface area contributed by atoms with Gasteiger partial charge in [0.1, 0.15) is 6.10 Å². The first-order valence-corrected chi connectivity index (χ1v) is 8.92. The maximum absolute atomic E-state index is 5.90. The zero-order valence-corrected chi connectivity index (χ0v) is 15.1. The van der Waals surface area contributed by atoms with Gasteiger partial charge in [-0.15, -0.1) is 10.2 Å². The van der Waals surface area contributed by atoms with Crippen LogP contribution in [0.2, 0.25) is 0 Å². The highest BCUT2D eigenvalue weighted by Gasteiger charge is 2.28. The molecule has 2 aromatic rings. The average Bonchev–Trinajstić information content (AvgIpc) is 2.97. The highest BCUT2D eigenvalue weighted by atomic mass is 16.5. The minimum absolute atomic E-state index is 0.145. The van der Waals surface area contributed by atoms with Crippen molar-refractivity contribution in [2.75, 3.05) is 33.4 Å². The van der Waals surface area contributed by atoms with Crippen molar-refractivity contribution in [3.8, 4) is 11.5 Å². The minimum atomic E-state index is -0.184. The SMILES string of the molecule is C[C@@H]1CN(C)C[C@H](c2nnc(/C=C/c3ccc4c(c3)OCCCO4)o2)O1. The molecule has 1 saturated heterocycles. The third-order valence-electron chi connectivity index (χ3n) is 4.36. The van der Waals surface area contributed by atoms with E-state index >= 15 is 0 Å². The lowest BCUT2D eigenvalue weighted by atomic mass is 10.2. The fourth-order valence-electron chi connectivity index (χ4n) is 3.19. The number of hydrogen-bond donors (Lipinski definition) is 0. The van der Waals surface area contributed by atoms with E-state index in [0.29, 0.717) is 25.0 Å². The Bertz CT molecular complexity index is 779. The van der Waals surface area contributed by atoms with E-state index in [9.17, 15) is 0 Å². The summed E-state index contributed by atoms with van der Waals surface area (Å²) in [6, 6.07) is 5.85. The van der Waals surface area contributed by atoms with Crippen LogP contribution in [0.1, 0.15) is 36.8 Å². The molecule has 2 aliphatic heterocycles. The van der Waals surface area contributed by atoms with Crippen molar-refractivity contribution in [1.82, 2.24) is 15.1 Å². The van der Waals surface area contributed by atoms with E-state index in [2.05, 4.69) is 22.1 Å². The number of likely N-dealkylation sites (N-methyl/N-ethyl adjacent to an activating group) is 1. The Morgan fingerprint density at radius 3 is 2.77 bits per heavy atom. The van der Waals surface area contributed by atoms with E-state index in [4.69, 9.17) is 18.6 Å². The molecule has 0 spiro atoms. The van der Waals surface area contributed by atoms with Crippen LogP contribution in [0.4, 0.5) is 0 Å². The standard InChI is InChI=1S/C19H23N3O4/c1-13-11-22(2)12-17(25-13)19-21-20-18(26-19)7-5-14-4-6-15-16(10-14)24-9-3-8-23-15/h4-7,10,13,17H,3,8-9,11-12H2,1-2H3/b7-5+/t13-,17-/m1/s1. The fourth-order valence-corrected chi connectivity index (χ4v) is 3.19. The highest BCUT2D eigenvalue weighted by molar-refractivity contribution is 5.67. The van der Waals surface area contributed by atoms with Crippen LogP contribution >= 0.6 is 0 Å². The number of rotatable bonds is 3. The maximum atomic E-state index is 5.90. The van der Waals surface area contributed by atoms with Crippen LogP contribution in [0, 0.1) is 0 Å². The molecule has 2 atom stereocenters. The van der Waals surface area contributed by atoms with Gasteiger partial charge in [-0.1, -0.05) is 6.07 Å². The van der Waals surface area contributed by atoms with Gasteiger partial charge in [0.15, 0.2) is 11.5 Å². The zero-order valence-electron chi connectivity index (χ0n) is 15.1. The minimum Gasteiger partial charge on any atom is -0.490 e. The molecule has 138 valence electrons. The predicted octanol–water partition coefficient (Wildman–Crippen LogP) is 2.79. The van der Waals surface area contributed by atoms with Crippen LogP contribution < -0.4 is 9.47 Å². The first kappa shape index (κ1) is 17.1. The first-order chi connectivity index (χ1) is 12.7. The van der Waals surface area contributed by atoms with Crippen LogP contribution in [-0.4, -0.2) is 54.6 Å². The quantitative estimate of drug-likeness (QED) is 0.836. The van der Waals surface area contributed by atoms with Crippen molar-refractivity contribution < 1.29 is 18.6 Å². The molecular formula is C19H23N3O4. The topological polar surface area (TPSA) is 69.9 Å². The summed E-state index contributed by atoms with van der Waals surface area (Å²) in [4.78, 5) is 2.20. The molecular weight excluding hydrogens is 334 g/mol. The van der Waals surface area contributed by atoms with Gasteiger partial charge in [-0.05, 0) is 37.7 Å². The molecule has 0 unspecified atom stereocenters. The van der Waals surface area contributed by atoms with E-state index in [0.717, 1.165) is 36.6 Å². The summed E-state index contributed by atoms with van der Waals surface area (Å²) in [6.45, 7) is 5.05. The summed E-state index contributed by atoms with van der Waals surface area (Å²) in [7, 11) is 2.06. The number of benzene rings is 1. The van der Waals surface area contributed by atoms with Gasteiger partial charge in [0, 0.05) is 25.6 Å². The van der Waals surface area contributed by atoms with Gasteiger partial charge in [-0.2, -0.15) is 0 Å². The molecule has 1 aromatic carbocycles. The summed E-state index contributed by atoms with van der Waals surface area (Å²) in [5.74, 6) is 2.52. The molecule has 0 bridgehead atoms. The van der Waals surface area contributed by atoms with Gasteiger partial charge in [-0.3, -0.25) is 0 Å². The Labute approximate surface area is 152 Å². The van der Waals surface area contributed by atoms with E-state index in [1.165, 1.54) is 0 Å². The van der Waals surface area contributed by atoms with Crippen molar-refractivity contribution in [3.05, 3.63) is 35.5 Å². The van der Waals surface area contributed by atoms with Crippen molar-refractivity contribution in [3.63, 3.8) is 0 Å². The number of fused-ring (bicyclic) bond motifs is 1. The van der Waals surface area contributed by atoms with Crippen LogP contribution in [0.15, 0.2) is 22.6 Å². The third kappa shape index (κ3) is 3.89. The molecule has 1 aromatic heterocycles. The Kier molecular flexibility index (Phi) is 4.90. The number of ether oxygens (including phenoxy) is 3. The van der Waals surface area contributed by atoms with Gasteiger partial charge in [-0.25, -0.2) is 0 Å². The van der Waals surface area contributed by atoms with Gasteiger partial charge < -0.3 is 23.5 Å². The Hall–Kier alpha value is -2.38. The number of morpholine rings is 1. The van der Waals surface area contributed by atoms with Crippen LogP contribution in [0.25, 0.3) is 12.2 Å². The average molecular weight is 357 g/mol. The molecule has 0 aliphatic carbocycles. The number of hydrogen-bond acceptors (Lipinski definition) is 7. The summed E-state index contributed by atoms with van der Waals surface area (Å²) >= 11 is 0. The second kappa shape index (κ2) is 7.47. The zero-order chi connectivity index (χ0) is 17.9. The molecule has 4 rings (SSSR count). The van der Waals surface area contributed by atoms with Gasteiger partial charge >= 0.3 is 0 Å². The third-order valence-corrected chi connectivity index (χ3v) is 4.36. The van der Waals surface area contributed by atoms with E-state index in [-0.39, 0.29) is 12.2 Å².